The number of hydrogen-bond acceptors (Lipinski definition) is 7. The first kappa shape index (κ1) is 18.2. The fourth-order valence-corrected chi connectivity index (χ4v) is 3.13. The molecule has 138 valence electrons. The lowest BCUT2D eigenvalue weighted by Gasteiger charge is -2.32. The molecule has 26 heavy (non-hydrogen) atoms. The second-order valence-electron chi connectivity index (χ2n) is 6.49. The van der Waals surface area contributed by atoms with Crippen LogP contribution in [0.25, 0.3) is 0 Å². The van der Waals surface area contributed by atoms with Crippen molar-refractivity contribution < 1.29 is 19.1 Å². The maximum Gasteiger partial charge on any atom is 0.241 e. The van der Waals surface area contributed by atoms with Crippen molar-refractivity contribution in [2.75, 3.05) is 54.0 Å². The zero-order valence-electron chi connectivity index (χ0n) is 15.2. The number of allylic oxidation sites excluding steroid dienone is 2. The van der Waals surface area contributed by atoms with Crippen LogP contribution in [0, 0.1) is 0 Å². The van der Waals surface area contributed by atoms with Gasteiger partial charge in [0.15, 0.2) is 0 Å². The molecule has 1 saturated heterocycles. The minimum Gasteiger partial charge on any atom is -0.379 e. The summed E-state index contributed by atoms with van der Waals surface area (Å²) in [6, 6.07) is 3.17. The first-order chi connectivity index (χ1) is 12.4. The lowest BCUT2D eigenvalue weighted by atomic mass is 9.93. The summed E-state index contributed by atoms with van der Waals surface area (Å²) in [6.07, 6.45) is 1.48. The number of fused-ring (bicyclic) bond motifs is 1. The fourth-order valence-electron chi connectivity index (χ4n) is 3.13. The van der Waals surface area contributed by atoms with Gasteiger partial charge in [-0.05, 0) is 12.1 Å². The predicted octanol–water partition coefficient (Wildman–Crippen LogP) is 0.0244. The van der Waals surface area contributed by atoms with Gasteiger partial charge in [-0.1, -0.05) is 0 Å². The molecule has 1 fully saturated rings. The Labute approximate surface area is 152 Å². The van der Waals surface area contributed by atoms with E-state index in [-0.39, 0.29) is 46.7 Å². The van der Waals surface area contributed by atoms with Crippen molar-refractivity contribution in [1.82, 2.24) is 19.7 Å². The summed E-state index contributed by atoms with van der Waals surface area (Å²) in [4.78, 5) is 47.5. The molecule has 0 atom stereocenters. The van der Waals surface area contributed by atoms with Crippen LogP contribution in [0.4, 0.5) is 0 Å². The second kappa shape index (κ2) is 7.35. The Morgan fingerprint density at radius 3 is 2.50 bits per heavy atom. The van der Waals surface area contributed by atoms with Crippen molar-refractivity contribution in [3.63, 3.8) is 0 Å². The average molecular weight is 358 g/mol. The van der Waals surface area contributed by atoms with Gasteiger partial charge in [0.25, 0.3) is 0 Å². The van der Waals surface area contributed by atoms with E-state index in [4.69, 9.17) is 4.74 Å². The Bertz CT molecular complexity index is 781. The predicted molar refractivity (Wildman–Crippen MR) is 93.6 cm³/mol. The van der Waals surface area contributed by atoms with Crippen molar-refractivity contribution in [3.05, 3.63) is 41.0 Å². The third-order valence-corrected chi connectivity index (χ3v) is 4.54. The van der Waals surface area contributed by atoms with Gasteiger partial charge in [0.2, 0.25) is 17.5 Å². The van der Waals surface area contributed by atoms with E-state index in [1.54, 1.807) is 31.1 Å². The standard InChI is InChI=1S/C18H22N4O4/c1-20(2)15-16(17(24)12-5-4-6-19-14(12)18(15)25)21(3)13(23)11-22-7-9-26-10-8-22/h4-6H,7-11H2,1-3H3. The van der Waals surface area contributed by atoms with Gasteiger partial charge in [0.05, 0.1) is 25.3 Å². The molecule has 1 aromatic heterocycles. The minimum atomic E-state index is -0.366. The lowest BCUT2D eigenvalue weighted by Crippen LogP contribution is -2.46. The number of ketones is 2. The number of hydrogen-bond donors (Lipinski definition) is 0. The molecule has 2 aliphatic rings. The zero-order valence-corrected chi connectivity index (χ0v) is 15.2. The van der Waals surface area contributed by atoms with Gasteiger partial charge in [0.1, 0.15) is 17.1 Å². The Morgan fingerprint density at radius 1 is 1.15 bits per heavy atom. The van der Waals surface area contributed by atoms with Gasteiger partial charge in [-0.25, -0.2) is 0 Å². The highest BCUT2D eigenvalue weighted by Gasteiger charge is 2.38. The normalized spacial score (nSPS) is 18.0. The van der Waals surface area contributed by atoms with E-state index >= 15 is 0 Å². The van der Waals surface area contributed by atoms with Crippen LogP contribution in [0.2, 0.25) is 0 Å². The molecule has 1 aromatic rings. The average Bonchev–Trinajstić information content (AvgIpc) is 2.64. The van der Waals surface area contributed by atoms with Gasteiger partial charge in [0, 0.05) is 40.4 Å². The highest BCUT2D eigenvalue weighted by atomic mass is 16.5. The molecule has 0 unspecified atom stereocenters. The molecular formula is C18H22N4O4. The number of carbonyl (C=O) groups excluding carboxylic acids is 3. The summed E-state index contributed by atoms with van der Waals surface area (Å²) in [6.45, 7) is 2.67. The summed E-state index contributed by atoms with van der Waals surface area (Å²) >= 11 is 0. The van der Waals surface area contributed by atoms with E-state index < -0.39 is 0 Å². The number of amides is 1. The number of ether oxygens (including phenoxy) is 1. The monoisotopic (exact) mass is 358 g/mol. The summed E-state index contributed by atoms with van der Waals surface area (Å²) in [5, 5.41) is 0. The zero-order chi connectivity index (χ0) is 18.8. The van der Waals surface area contributed by atoms with Crippen molar-refractivity contribution in [2.45, 2.75) is 0 Å². The molecule has 0 aromatic carbocycles. The van der Waals surface area contributed by atoms with Crippen LogP contribution in [0.3, 0.4) is 0 Å². The van der Waals surface area contributed by atoms with Crippen LogP contribution in [0.1, 0.15) is 20.8 Å². The highest BCUT2D eigenvalue weighted by Crippen LogP contribution is 2.27. The van der Waals surface area contributed by atoms with Gasteiger partial charge in [-0.2, -0.15) is 0 Å². The van der Waals surface area contributed by atoms with Crippen LogP contribution in [-0.2, 0) is 9.53 Å². The topological polar surface area (TPSA) is 83.0 Å². The molecular weight excluding hydrogens is 336 g/mol. The Balaban J connectivity index is 1.94. The van der Waals surface area contributed by atoms with Gasteiger partial charge in [-0.15, -0.1) is 0 Å². The second-order valence-corrected chi connectivity index (χ2v) is 6.49. The van der Waals surface area contributed by atoms with Gasteiger partial charge in [-0.3, -0.25) is 24.3 Å². The van der Waals surface area contributed by atoms with Crippen LogP contribution < -0.4 is 0 Å². The third kappa shape index (κ3) is 3.25. The van der Waals surface area contributed by atoms with E-state index in [2.05, 4.69) is 4.98 Å². The number of pyridine rings is 1. The molecule has 1 aliphatic carbocycles. The summed E-state index contributed by atoms with van der Waals surface area (Å²) in [5.41, 5.74) is 0.626. The quantitative estimate of drug-likeness (QED) is 0.751. The molecule has 0 bridgehead atoms. The largest absolute Gasteiger partial charge is 0.379 e. The van der Waals surface area contributed by atoms with Crippen molar-refractivity contribution >= 4 is 17.5 Å². The Kier molecular flexibility index (Phi) is 5.15. The molecule has 3 rings (SSSR count). The number of Topliss-reactive ketones (excluding diaryl/α,β-unsaturated/α-hetero) is 2. The fraction of sp³-hybridized carbons (Fsp3) is 0.444. The SMILES string of the molecule is CN(C)C1=C(N(C)C(=O)CN2CCOCC2)C(=O)c2cccnc2C1=O. The highest BCUT2D eigenvalue weighted by molar-refractivity contribution is 6.26. The first-order valence-corrected chi connectivity index (χ1v) is 8.44. The molecule has 8 heteroatoms. The third-order valence-electron chi connectivity index (χ3n) is 4.54. The summed E-state index contributed by atoms with van der Waals surface area (Å²) < 4.78 is 5.29. The van der Waals surface area contributed by atoms with Crippen LogP contribution in [0.15, 0.2) is 29.7 Å². The molecule has 0 saturated carbocycles. The summed E-state index contributed by atoms with van der Waals surface area (Å²) in [5.74, 6) is -0.963. The molecule has 1 aliphatic heterocycles. The number of aromatic nitrogens is 1. The van der Waals surface area contributed by atoms with E-state index in [9.17, 15) is 14.4 Å². The van der Waals surface area contributed by atoms with Crippen LogP contribution in [0.5, 0.6) is 0 Å². The minimum absolute atomic E-state index is 0.0961. The number of morpholine rings is 1. The van der Waals surface area contributed by atoms with Gasteiger partial charge < -0.3 is 14.5 Å². The van der Waals surface area contributed by atoms with Crippen LogP contribution >= 0.6 is 0 Å². The lowest BCUT2D eigenvalue weighted by molar-refractivity contribution is -0.130. The molecule has 0 spiro atoms. The van der Waals surface area contributed by atoms with Gasteiger partial charge >= 0.3 is 0 Å². The Hall–Kier alpha value is -2.58. The number of carbonyl (C=O) groups is 3. The van der Waals surface area contributed by atoms with Crippen molar-refractivity contribution in [2.24, 2.45) is 0 Å². The maximum absolute atomic E-state index is 13.0. The number of rotatable bonds is 4. The Morgan fingerprint density at radius 2 is 1.85 bits per heavy atom. The van der Waals surface area contributed by atoms with E-state index in [0.29, 0.717) is 26.3 Å². The summed E-state index contributed by atoms with van der Waals surface area (Å²) in [7, 11) is 4.89. The van der Waals surface area contributed by atoms with E-state index in [0.717, 1.165) is 0 Å². The molecule has 0 N–H and O–H groups in total. The molecule has 1 amide bonds. The maximum atomic E-state index is 13.0. The first-order valence-electron chi connectivity index (χ1n) is 8.44. The van der Waals surface area contributed by atoms with E-state index in [1.807, 2.05) is 4.90 Å². The molecule has 0 radical (unpaired) electrons. The number of nitrogens with zero attached hydrogens (tertiary/aromatic N) is 4. The number of likely N-dealkylation sites (N-methyl/N-ethyl adjacent to an activating group) is 2. The van der Waals surface area contributed by atoms with Crippen molar-refractivity contribution in [1.29, 1.82) is 0 Å². The van der Waals surface area contributed by atoms with Crippen LogP contribution in [-0.4, -0.2) is 91.1 Å². The smallest absolute Gasteiger partial charge is 0.241 e. The van der Waals surface area contributed by atoms with E-state index in [1.165, 1.54) is 18.1 Å². The molecule has 2 heterocycles. The van der Waals surface area contributed by atoms with Crippen molar-refractivity contribution in [3.8, 4) is 0 Å². The molecule has 8 nitrogen and oxygen atoms in total.